The van der Waals surface area contributed by atoms with E-state index in [9.17, 15) is 19.7 Å². The minimum absolute atomic E-state index is 0.0246. The zero-order valence-corrected chi connectivity index (χ0v) is 17.8. The van der Waals surface area contributed by atoms with Crippen molar-refractivity contribution in [3.63, 3.8) is 0 Å². The Morgan fingerprint density at radius 3 is 2.48 bits per heavy atom. The van der Waals surface area contributed by atoms with Gasteiger partial charge in [0, 0.05) is 29.9 Å². The van der Waals surface area contributed by atoms with Gasteiger partial charge in [0.15, 0.2) is 0 Å². The SMILES string of the molecule is CNC(=O)CN1c2ccccc2C(=O)N(C)[C@@H]1c1ccc(-c2ccccc2[N+](=O)[O-])s1. The molecule has 0 radical (unpaired) electrons. The maximum atomic E-state index is 13.0. The fourth-order valence-corrected chi connectivity index (χ4v) is 4.97. The third-order valence-corrected chi connectivity index (χ3v) is 6.43. The van der Waals surface area contributed by atoms with E-state index in [1.54, 1.807) is 49.3 Å². The average molecular weight is 436 g/mol. The molecule has 8 nitrogen and oxygen atoms in total. The Morgan fingerprint density at radius 1 is 1.10 bits per heavy atom. The van der Waals surface area contributed by atoms with Crippen molar-refractivity contribution in [2.75, 3.05) is 25.5 Å². The van der Waals surface area contributed by atoms with Gasteiger partial charge < -0.3 is 15.1 Å². The molecular weight excluding hydrogens is 416 g/mol. The lowest BCUT2D eigenvalue weighted by Crippen LogP contribution is -2.50. The Hall–Kier alpha value is -3.72. The summed E-state index contributed by atoms with van der Waals surface area (Å²) in [5.41, 5.74) is 1.75. The fourth-order valence-electron chi connectivity index (χ4n) is 3.77. The van der Waals surface area contributed by atoms with Gasteiger partial charge in [0.1, 0.15) is 6.17 Å². The number of hydrogen-bond donors (Lipinski definition) is 1. The summed E-state index contributed by atoms with van der Waals surface area (Å²) in [7, 11) is 3.27. The summed E-state index contributed by atoms with van der Waals surface area (Å²) in [5.74, 6) is -0.326. The quantitative estimate of drug-likeness (QED) is 0.486. The molecule has 1 aromatic heterocycles. The van der Waals surface area contributed by atoms with Crippen molar-refractivity contribution in [2.24, 2.45) is 0 Å². The monoisotopic (exact) mass is 436 g/mol. The van der Waals surface area contributed by atoms with Gasteiger partial charge in [0.05, 0.1) is 28.3 Å². The Morgan fingerprint density at radius 2 is 1.77 bits per heavy atom. The Bertz CT molecular complexity index is 1180. The van der Waals surface area contributed by atoms with Crippen LogP contribution in [0, 0.1) is 10.1 Å². The molecule has 158 valence electrons. The normalized spacial score (nSPS) is 15.5. The van der Waals surface area contributed by atoms with Crippen LogP contribution in [0.25, 0.3) is 10.4 Å². The Kier molecular flexibility index (Phi) is 5.43. The fraction of sp³-hybridized carbons (Fsp3) is 0.182. The van der Waals surface area contributed by atoms with Crippen molar-refractivity contribution in [1.82, 2.24) is 10.2 Å². The smallest absolute Gasteiger partial charge is 0.278 e. The Balaban J connectivity index is 1.80. The van der Waals surface area contributed by atoms with Gasteiger partial charge in [-0.25, -0.2) is 0 Å². The molecule has 3 aromatic rings. The number of carbonyl (C=O) groups excluding carboxylic acids is 2. The highest BCUT2D eigenvalue weighted by Crippen LogP contribution is 2.43. The van der Waals surface area contributed by atoms with E-state index < -0.39 is 11.1 Å². The average Bonchev–Trinajstić information content (AvgIpc) is 3.26. The zero-order valence-electron chi connectivity index (χ0n) is 16.9. The van der Waals surface area contributed by atoms with Crippen molar-refractivity contribution >= 4 is 34.5 Å². The van der Waals surface area contributed by atoms with Gasteiger partial charge in [-0.15, -0.1) is 11.3 Å². The second kappa shape index (κ2) is 8.19. The van der Waals surface area contributed by atoms with Crippen LogP contribution in [-0.4, -0.2) is 42.3 Å². The highest BCUT2D eigenvalue weighted by molar-refractivity contribution is 7.15. The standard InChI is InChI=1S/C22H20N4O4S/c1-23-20(27)13-25-16-9-5-4-8-15(16)22(28)24(2)21(25)19-12-11-18(31-19)14-7-3-6-10-17(14)26(29)30/h3-12,21H,13H2,1-2H3,(H,23,27)/t21-/m0/s1. The van der Waals surface area contributed by atoms with E-state index in [0.717, 1.165) is 9.75 Å². The first-order valence-electron chi connectivity index (χ1n) is 9.59. The first-order valence-corrected chi connectivity index (χ1v) is 10.4. The van der Waals surface area contributed by atoms with Crippen LogP contribution in [0.3, 0.4) is 0 Å². The number of amides is 2. The van der Waals surface area contributed by atoms with Gasteiger partial charge in [0.25, 0.3) is 11.6 Å². The number of fused-ring (bicyclic) bond motifs is 1. The van der Waals surface area contributed by atoms with E-state index in [1.165, 1.54) is 17.4 Å². The third-order valence-electron chi connectivity index (χ3n) is 5.27. The molecule has 9 heteroatoms. The topological polar surface area (TPSA) is 95.8 Å². The molecule has 0 saturated carbocycles. The predicted octanol–water partition coefficient (Wildman–Crippen LogP) is 3.66. The number of hydrogen-bond acceptors (Lipinski definition) is 6. The second-order valence-corrected chi connectivity index (χ2v) is 8.20. The van der Waals surface area contributed by atoms with Gasteiger partial charge >= 0.3 is 0 Å². The molecule has 2 aromatic carbocycles. The maximum absolute atomic E-state index is 13.0. The van der Waals surface area contributed by atoms with E-state index in [4.69, 9.17) is 0 Å². The Labute approximate surface area is 182 Å². The molecule has 1 aliphatic heterocycles. The number of nitrogens with one attached hydrogen (secondary N) is 1. The number of likely N-dealkylation sites (N-methyl/N-ethyl adjacent to an activating group) is 1. The van der Waals surface area contributed by atoms with Crippen molar-refractivity contribution in [3.8, 4) is 10.4 Å². The number of nitrogens with zero attached hydrogens (tertiary/aromatic N) is 3. The van der Waals surface area contributed by atoms with Crippen LogP contribution in [-0.2, 0) is 4.79 Å². The summed E-state index contributed by atoms with van der Waals surface area (Å²) in [6.07, 6.45) is -0.513. The molecule has 1 aliphatic rings. The van der Waals surface area contributed by atoms with Crippen LogP contribution in [0.2, 0.25) is 0 Å². The number of anilines is 1. The number of para-hydroxylation sites is 2. The number of rotatable bonds is 5. The van der Waals surface area contributed by atoms with Crippen molar-refractivity contribution < 1.29 is 14.5 Å². The molecule has 2 amide bonds. The summed E-state index contributed by atoms with van der Waals surface area (Å²) < 4.78 is 0. The van der Waals surface area contributed by atoms with E-state index in [1.807, 2.05) is 29.2 Å². The van der Waals surface area contributed by atoms with Gasteiger partial charge in [-0.05, 0) is 30.3 Å². The highest BCUT2D eigenvalue weighted by Gasteiger charge is 2.38. The highest BCUT2D eigenvalue weighted by atomic mass is 32.1. The molecule has 1 atom stereocenters. The molecule has 0 fully saturated rings. The molecule has 2 heterocycles. The lowest BCUT2D eigenvalue weighted by Gasteiger charge is -2.43. The van der Waals surface area contributed by atoms with E-state index in [-0.39, 0.29) is 24.0 Å². The van der Waals surface area contributed by atoms with Crippen LogP contribution in [0.5, 0.6) is 0 Å². The molecule has 0 spiro atoms. The van der Waals surface area contributed by atoms with Crippen LogP contribution in [0.1, 0.15) is 21.4 Å². The molecule has 0 bridgehead atoms. The predicted molar refractivity (Wildman–Crippen MR) is 119 cm³/mol. The number of nitro groups is 1. The number of thiophene rings is 1. The minimum Gasteiger partial charge on any atom is -0.358 e. The summed E-state index contributed by atoms with van der Waals surface area (Å²) in [5, 5.41) is 14.1. The molecule has 31 heavy (non-hydrogen) atoms. The lowest BCUT2D eigenvalue weighted by molar-refractivity contribution is -0.384. The number of benzene rings is 2. The summed E-state index contributed by atoms with van der Waals surface area (Å²) >= 11 is 1.37. The molecule has 0 saturated heterocycles. The van der Waals surface area contributed by atoms with Crippen LogP contribution in [0.15, 0.2) is 60.7 Å². The molecule has 4 rings (SSSR count). The number of carbonyl (C=O) groups is 2. The first kappa shape index (κ1) is 20.5. The maximum Gasteiger partial charge on any atom is 0.278 e. The van der Waals surface area contributed by atoms with E-state index in [0.29, 0.717) is 16.8 Å². The lowest BCUT2D eigenvalue weighted by atomic mass is 10.0. The van der Waals surface area contributed by atoms with Crippen molar-refractivity contribution in [2.45, 2.75) is 6.17 Å². The van der Waals surface area contributed by atoms with Gasteiger partial charge in [-0.2, -0.15) is 0 Å². The van der Waals surface area contributed by atoms with E-state index >= 15 is 0 Å². The molecule has 0 unspecified atom stereocenters. The summed E-state index contributed by atoms with van der Waals surface area (Å²) in [4.78, 5) is 41.4. The molecular formula is C22H20N4O4S. The molecule has 0 aliphatic carbocycles. The van der Waals surface area contributed by atoms with Crippen LogP contribution < -0.4 is 10.2 Å². The first-order chi connectivity index (χ1) is 14.9. The zero-order chi connectivity index (χ0) is 22.1. The number of nitro benzene ring substituents is 1. The second-order valence-electron chi connectivity index (χ2n) is 7.08. The van der Waals surface area contributed by atoms with Gasteiger partial charge in [-0.1, -0.05) is 24.3 Å². The van der Waals surface area contributed by atoms with E-state index in [2.05, 4.69) is 5.32 Å². The van der Waals surface area contributed by atoms with Crippen molar-refractivity contribution in [3.05, 3.63) is 81.2 Å². The van der Waals surface area contributed by atoms with Gasteiger partial charge in [0.2, 0.25) is 5.91 Å². The van der Waals surface area contributed by atoms with Crippen LogP contribution >= 0.6 is 11.3 Å². The van der Waals surface area contributed by atoms with Gasteiger partial charge in [-0.3, -0.25) is 19.7 Å². The van der Waals surface area contributed by atoms with Crippen molar-refractivity contribution in [1.29, 1.82) is 0 Å². The van der Waals surface area contributed by atoms with Crippen LogP contribution in [0.4, 0.5) is 11.4 Å². The largest absolute Gasteiger partial charge is 0.358 e. The summed E-state index contributed by atoms with van der Waals surface area (Å²) in [6.45, 7) is 0.0640. The minimum atomic E-state index is -0.513. The summed E-state index contributed by atoms with van der Waals surface area (Å²) in [6, 6.07) is 17.4. The third kappa shape index (κ3) is 3.64. The molecule has 1 N–H and O–H groups in total.